The van der Waals surface area contributed by atoms with Gasteiger partial charge in [-0.1, -0.05) is 27.0 Å². The summed E-state index contributed by atoms with van der Waals surface area (Å²) in [6.45, 7) is 1.84. The fourth-order valence-electron chi connectivity index (χ4n) is 1.55. The lowest BCUT2D eigenvalue weighted by atomic mass is 10.2. The van der Waals surface area contributed by atoms with E-state index >= 15 is 0 Å². The van der Waals surface area contributed by atoms with Crippen molar-refractivity contribution in [2.75, 3.05) is 0 Å². The van der Waals surface area contributed by atoms with Crippen molar-refractivity contribution in [3.8, 4) is 0 Å². The Morgan fingerprint density at radius 3 is 2.95 bits per heavy atom. The summed E-state index contributed by atoms with van der Waals surface area (Å²) in [5.74, 6) is -0.837. The smallest absolute Gasteiger partial charge is 0.390 e. The maximum absolute atomic E-state index is 11.9. The Morgan fingerprint density at radius 1 is 1.55 bits per heavy atom. The summed E-state index contributed by atoms with van der Waals surface area (Å²) >= 11 is 3.28. The molecule has 1 heterocycles. The Balaban J connectivity index is 1.97. The van der Waals surface area contributed by atoms with Crippen LogP contribution in [0.2, 0.25) is 0 Å². The number of nitrogens with one attached hydrogen (secondary N) is 1. The third-order valence-corrected chi connectivity index (χ3v) is 3.01. The molecule has 0 radical (unpaired) electrons. The van der Waals surface area contributed by atoms with Gasteiger partial charge in [-0.2, -0.15) is 9.78 Å². The number of halogens is 1. The minimum atomic E-state index is -0.683. The van der Waals surface area contributed by atoms with Gasteiger partial charge in [0.25, 0.3) is 5.91 Å². The van der Waals surface area contributed by atoms with Gasteiger partial charge in [0.1, 0.15) is 0 Å². The van der Waals surface area contributed by atoms with Crippen molar-refractivity contribution in [3.63, 3.8) is 0 Å². The molecule has 114 valence electrons. The van der Waals surface area contributed by atoms with Crippen LogP contribution in [0.1, 0.15) is 17.3 Å². The molecule has 9 nitrogen and oxygen atoms in total. The fraction of sp³-hybridized carbons (Fsp3) is 0.167. The number of carbonyl (C=O) groups excluding carboxylic acids is 1. The van der Waals surface area contributed by atoms with Crippen LogP contribution < -0.4 is 5.43 Å². The lowest BCUT2D eigenvalue weighted by Crippen LogP contribution is -2.20. The fourth-order valence-corrected chi connectivity index (χ4v) is 1.95. The largest absolute Gasteiger partial charge is 0.490 e. The van der Waals surface area contributed by atoms with Crippen molar-refractivity contribution in [3.05, 3.63) is 50.7 Å². The van der Waals surface area contributed by atoms with Gasteiger partial charge in [0.2, 0.25) is 6.33 Å². The maximum Gasteiger partial charge on any atom is 0.490 e. The molecule has 1 N–H and O–H groups in total. The van der Waals surface area contributed by atoms with E-state index in [4.69, 9.17) is 0 Å². The van der Waals surface area contributed by atoms with E-state index in [1.165, 1.54) is 11.0 Å². The average molecular weight is 367 g/mol. The van der Waals surface area contributed by atoms with E-state index < -0.39 is 10.9 Å². The van der Waals surface area contributed by atoms with Crippen LogP contribution in [0, 0.1) is 10.1 Å². The highest BCUT2D eigenvalue weighted by Crippen LogP contribution is 2.11. The van der Waals surface area contributed by atoms with Crippen LogP contribution in [-0.4, -0.2) is 31.3 Å². The first kappa shape index (κ1) is 15.8. The van der Waals surface area contributed by atoms with Gasteiger partial charge in [-0.05, 0) is 30.0 Å². The van der Waals surface area contributed by atoms with Crippen LogP contribution in [-0.2, 0) is 6.54 Å². The molecule has 0 fully saturated rings. The lowest BCUT2D eigenvalue weighted by Gasteiger charge is -2.02. The summed E-state index contributed by atoms with van der Waals surface area (Å²) in [6.07, 6.45) is 1.23. The maximum atomic E-state index is 11.9. The van der Waals surface area contributed by atoms with Gasteiger partial charge < -0.3 is 10.1 Å². The van der Waals surface area contributed by atoms with Crippen molar-refractivity contribution in [2.45, 2.75) is 13.5 Å². The van der Waals surface area contributed by atoms with Gasteiger partial charge in [0.15, 0.2) is 0 Å². The number of amides is 1. The minimum Gasteiger partial charge on any atom is -0.390 e. The van der Waals surface area contributed by atoms with Crippen molar-refractivity contribution < 1.29 is 9.72 Å². The zero-order valence-electron chi connectivity index (χ0n) is 11.4. The molecule has 2 aromatic rings. The van der Waals surface area contributed by atoms with Crippen LogP contribution in [0.3, 0.4) is 0 Å². The third-order valence-electron chi connectivity index (χ3n) is 2.51. The summed E-state index contributed by atoms with van der Waals surface area (Å²) in [5.41, 5.74) is 3.39. The second kappa shape index (κ2) is 6.89. The van der Waals surface area contributed by atoms with Crippen molar-refractivity contribution in [1.82, 2.24) is 20.2 Å². The van der Waals surface area contributed by atoms with Crippen LogP contribution in [0.15, 0.2) is 40.2 Å². The average Bonchev–Trinajstić information content (AvgIpc) is 2.93. The molecule has 0 aliphatic heterocycles. The second-order valence-electron chi connectivity index (χ2n) is 4.30. The number of nitro groups is 1. The molecule has 0 aliphatic carbocycles. The number of hydrazone groups is 1. The zero-order valence-corrected chi connectivity index (χ0v) is 13.0. The molecule has 1 aromatic heterocycles. The molecule has 0 aliphatic rings. The molecular formula is C12H11BrN6O3. The van der Waals surface area contributed by atoms with Crippen LogP contribution in [0.25, 0.3) is 0 Å². The number of carbonyl (C=O) groups is 1. The van der Waals surface area contributed by atoms with E-state index in [-0.39, 0.29) is 12.5 Å². The molecule has 0 saturated carbocycles. The van der Waals surface area contributed by atoms with Crippen LogP contribution >= 0.6 is 15.9 Å². The molecule has 0 atom stereocenters. The molecule has 1 aromatic carbocycles. The summed E-state index contributed by atoms with van der Waals surface area (Å²) in [4.78, 5) is 25.2. The number of hydrogen-bond donors (Lipinski definition) is 1. The number of benzene rings is 1. The number of hydrogen-bond acceptors (Lipinski definition) is 6. The number of nitrogens with zero attached hydrogens (tertiary/aromatic N) is 5. The van der Waals surface area contributed by atoms with Crippen LogP contribution in [0.5, 0.6) is 0 Å². The highest BCUT2D eigenvalue weighted by molar-refractivity contribution is 9.10. The molecule has 22 heavy (non-hydrogen) atoms. The van der Waals surface area contributed by atoms with Crippen LogP contribution in [0.4, 0.5) is 5.95 Å². The lowest BCUT2D eigenvalue weighted by molar-refractivity contribution is -0.394. The Bertz CT molecular complexity index is 742. The summed E-state index contributed by atoms with van der Waals surface area (Å²) in [7, 11) is 0. The van der Waals surface area contributed by atoms with E-state index in [9.17, 15) is 14.9 Å². The minimum absolute atomic E-state index is 0.180. The Labute approximate surface area is 133 Å². The molecule has 0 unspecified atom stereocenters. The topological polar surface area (TPSA) is 115 Å². The Hall–Kier alpha value is -2.62. The summed E-state index contributed by atoms with van der Waals surface area (Å²) in [5, 5.41) is 18.1. The normalized spacial score (nSPS) is 11.3. The van der Waals surface area contributed by atoms with E-state index in [1.807, 2.05) is 6.07 Å². The predicted molar refractivity (Wildman–Crippen MR) is 81.4 cm³/mol. The molecule has 0 bridgehead atoms. The summed E-state index contributed by atoms with van der Waals surface area (Å²) < 4.78 is 2.05. The van der Waals surface area contributed by atoms with Crippen molar-refractivity contribution in [2.24, 2.45) is 5.10 Å². The molecule has 2 rings (SSSR count). The SMILES string of the molecule is CC(Cn1cnc([N+](=O)[O-])n1)=NNC(=O)c1cccc(Br)c1. The quantitative estimate of drug-likeness (QED) is 0.491. The second-order valence-corrected chi connectivity index (χ2v) is 5.21. The van der Waals surface area contributed by atoms with Crippen molar-refractivity contribution in [1.29, 1.82) is 0 Å². The van der Waals surface area contributed by atoms with E-state index in [2.05, 4.69) is 36.5 Å². The van der Waals surface area contributed by atoms with E-state index in [0.29, 0.717) is 11.3 Å². The van der Waals surface area contributed by atoms with Gasteiger partial charge in [-0.15, -0.1) is 0 Å². The molecule has 0 saturated heterocycles. The van der Waals surface area contributed by atoms with E-state index in [1.54, 1.807) is 25.1 Å². The van der Waals surface area contributed by atoms with E-state index in [0.717, 1.165) is 4.47 Å². The number of aromatic nitrogens is 3. The predicted octanol–water partition coefficient (Wildman–Crippen LogP) is 1.75. The first-order chi connectivity index (χ1) is 10.5. The number of rotatable bonds is 5. The van der Waals surface area contributed by atoms with Gasteiger partial charge in [-0.3, -0.25) is 4.79 Å². The monoisotopic (exact) mass is 366 g/mol. The first-order valence-corrected chi connectivity index (χ1v) is 6.88. The Kier molecular flexibility index (Phi) is 4.94. The van der Waals surface area contributed by atoms with Gasteiger partial charge in [0.05, 0.1) is 12.3 Å². The molecular weight excluding hydrogens is 356 g/mol. The standard InChI is InChI=1S/C12H11BrN6O3/c1-8(6-18-7-14-12(17-18)19(21)22)15-16-11(20)9-3-2-4-10(13)5-9/h2-5,7H,6H2,1H3,(H,16,20). The molecule has 0 spiro atoms. The zero-order chi connectivity index (χ0) is 16.1. The Morgan fingerprint density at radius 2 is 2.32 bits per heavy atom. The van der Waals surface area contributed by atoms with Gasteiger partial charge >= 0.3 is 5.95 Å². The first-order valence-electron chi connectivity index (χ1n) is 6.08. The summed E-state index contributed by atoms with van der Waals surface area (Å²) in [6, 6.07) is 6.87. The third kappa shape index (κ3) is 4.19. The molecule has 1 amide bonds. The van der Waals surface area contributed by atoms with Gasteiger partial charge in [0, 0.05) is 15.1 Å². The highest BCUT2D eigenvalue weighted by atomic mass is 79.9. The molecule has 10 heteroatoms. The highest BCUT2D eigenvalue weighted by Gasteiger charge is 2.13. The van der Waals surface area contributed by atoms with Gasteiger partial charge in [-0.25, -0.2) is 5.43 Å². The van der Waals surface area contributed by atoms with Crippen molar-refractivity contribution >= 4 is 33.5 Å².